The van der Waals surface area contributed by atoms with Gasteiger partial charge in [-0.3, -0.25) is 0 Å². The van der Waals surface area contributed by atoms with Gasteiger partial charge in [0.05, 0.1) is 12.7 Å². The van der Waals surface area contributed by atoms with Gasteiger partial charge in [0.1, 0.15) is 0 Å². The maximum atomic E-state index is 11.4. The quantitative estimate of drug-likeness (QED) is 0.789. The van der Waals surface area contributed by atoms with Gasteiger partial charge in [0.15, 0.2) is 0 Å². The first-order chi connectivity index (χ1) is 7.60. The lowest BCUT2D eigenvalue weighted by Crippen LogP contribution is -2.31. The molecule has 0 aromatic heterocycles. The van der Waals surface area contributed by atoms with E-state index in [9.17, 15) is 4.79 Å². The van der Waals surface area contributed by atoms with Gasteiger partial charge >= 0.3 is 5.97 Å². The maximum absolute atomic E-state index is 11.4. The van der Waals surface area contributed by atoms with Crippen LogP contribution < -0.4 is 5.73 Å². The number of ether oxygens (including phenoxy) is 1. The second kappa shape index (κ2) is 3.91. The highest BCUT2D eigenvalue weighted by Gasteiger charge is 2.47. The number of hydrogen-bond donors (Lipinski definition) is 1. The fourth-order valence-corrected chi connectivity index (χ4v) is 2.22. The molecule has 0 heterocycles. The van der Waals surface area contributed by atoms with Crippen molar-refractivity contribution in [3.05, 3.63) is 35.4 Å². The van der Waals surface area contributed by atoms with Crippen LogP contribution in [-0.4, -0.2) is 19.1 Å². The highest BCUT2D eigenvalue weighted by molar-refractivity contribution is 5.89. The molecule has 1 aromatic rings. The largest absolute Gasteiger partial charge is 0.465 e. The summed E-state index contributed by atoms with van der Waals surface area (Å²) < 4.78 is 4.71. The van der Waals surface area contributed by atoms with Crippen molar-refractivity contribution in [2.45, 2.75) is 31.2 Å². The molecular weight excluding hydrogens is 202 g/mol. The van der Waals surface area contributed by atoms with Crippen LogP contribution in [0.25, 0.3) is 0 Å². The molecule has 1 aromatic carbocycles. The fraction of sp³-hybridized carbons (Fsp3) is 0.462. The molecule has 0 aliphatic heterocycles. The van der Waals surface area contributed by atoms with Crippen molar-refractivity contribution < 1.29 is 9.53 Å². The highest BCUT2D eigenvalue weighted by atomic mass is 16.5. The van der Waals surface area contributed by atoms with E-state index in [0.717, 1.165) is 18.4 Å². The molecule has 1 aliphatic rings. The lowest BCUT2D eigenvalue weighted by atomic mass is 9.88. The van der Waals surface area contributed by atoms with Gasteiger partial charge < -0.3 is 10.5 Å². The molecular formula is C13H17NO2. The van der Waals surface area contributed by atoms with E-state index in [1.165, 1.54) is 7.11 Å². The minimum Gasteiger partial charge on any atom is -0.465 e. The lowest BCUT2D eigenvalue weighted by Gasteiger charge is -2.20. The third-order valence-electron chi connectivity index (χ3n) is 3.52. The summed E-state index contributed by atoms with van der Waals surface area (Å²) in [5.41, 5.74) is 7.86. The van der Waals surface area contributed by atoms with Gasteiger partial charge in [-0.25, -0.2) is 4.79 Å². The number of methoxy groups -OCH3 is 1. The summed E-state index contributed by atoms with van der Waals surface area (Å²) in [5.74, 6) is -0.290. The van der Waals surface area contributed by atoms with Crippen molar-refractivity contribution in [2.75, 3.05) is 7.11 Å². The average molecular weight is 219 g/mol. The Morgan fingerprint density at radius 1 is 1.50 bits per heavy atom. The van der Waals surface area contributed by atoms with Crippen LogP contribution in [0.15, 0.2) is 24.3 Å². The van der Waals surface area contributed by atoms with Crippen molar-refractivity contribution >= 4 is 5.97 Å². The van der Waals surface area contributed by atoms with Crippen molar-refractivity contribution in [2.24, 2.45) is 5.73 Å². The smallest absolute Gasteiger partial charge is 0.337 e. The van der Waals surface area contributed by atoms with Gasteiger partial charge in [0.2, 0.25) is 0 Å². The van der Waals surface area contributed by atoms with Crippen LogP contribution in [0.2, 0.25) is 0 Å². The molecule has 0 saturated heterocycles. The number of rotatable bonds is 3. The number of esters is 1. The normalized spacial score (nSPS) is 18.9. The number of carbonyl (C=O) groups excluding carboxylic acids is 1. The monoisotopic (exact) mass is 219 g/mol. The van der Waals surface area contributed by atoms with E-state index in [0.29, 0.717) is 5.56 Å². The van der Waals surface area contributed by atoms with Crippen molar-refractivity contribution in [3.8, 4) is 0 Å². The van der Waals surface area contributed by atoms with Gasteiger partial charge in [-0.05, 0) is 37.5 Å². The number of hydrogen-bond acceptors (Lipinski definition) is 3. The Labute approximate surface area is 95.6 Å². The molecule has 3 heteroatoms. The molecule has 0 radical (unpaired) electrons. The average Bonchev–Trinajstić information content (AvgIpc) is 3.09. The summed E-state index contributed by atoms with van der Waals surface area (Å²) in [4.78, 5) is 11.4. The summed E-state index contributed by atoms with van der Waals surface area (Å²) in [6.07, 6.45) is 2.21. The van der Waals surface area contributed by atoms with Crippen molar-refractivity contribution in [3.63, 3.8) is 0 Å². The lowest BCUT2D eigenvalue weighted by molar-refractivity contribution is 0.0600. The van der Waals surface area contributed by atoms with Crippen LogP contribution in [-0.2, 0) is 10.2 Å². The molecule has 2 N–H and O–H groups in total. The second-order valence-electron chi connectivity index (χ2n) is 4.52. The minimum atomic E-state index is -0.290. The van der Waals surface area contributed by atoms with Crippen molar-refractivity contribution in [1.29, 1.82) is 0 Å². The minimum absolute atomic E-state index is 0.0873. The van der Waals surface area contributed by atoms with Crippen LogP contribution >= 0.6 is 0 Å². The van der Waals surface area contributed by atoms with E-state index in [1.807, 2.05) is 25.1 Å². The first kappa shape index (κ1) is 11.1. The summed E-state index contributed by atoms with van der Waals surface area (Å²) in [6, 6.07) is 7.74. The summed E-state index contributed by atoms with van der Waals surface area (Å²) >= 11 is 0. The SMILES string of the molecule is COC(=O)c1cccc(C2(C(C)N)CC2)c1. The topological polar surface area (TPSA) is 52.3 Å². The zero-order valence-corrected chi connectivity index (χ0v) is 9.69. The van der Waals surface area contributed by atoms with Gasteiger partial charge in [0, 0.05) is 11.5 Å². The fourth-order valence-electron chi connectivity index (χ4n) is 2.22. The van der Waals surface area contributed by atoms with Gasteiger partial charge in [-0.15, -0.1) is 0 Å². The van der Waals surface area contributed by atoms with Gasteiger partial charge in [-0.2, -0.15) is 0 Å². The molecule has 1 unspecified atom stereocenters. The van der Waals surface area contributed by atoms with Crippen LogP contribution in [0.4, 0.5) is 0 Å². The predicted octanol–water partition coefficient (Wildman–Crippen LogP) is 1.85. The van der Waals surface area contributed by atoms with E-state index in [4.69, 9.17) is 10.5 Å². The van der Waals surface area contributed by atoms with E-state index in [2.05, 4.69) is 0 Å². The number of nitrogens with two attached hydrogens (primary N) is 1. The summed E-state index contributed by atoms with van der Waals surface area (Å²) in [7, 11) is 1.40. The van der Waals surface area contributed by atoms with Crippen molar-refractivity contribution in [1.82, 2.24) is 0 Å². The third kappa shape index (κ3) is 1.71. The Bertz CT molecular complexity index is 408. The molecule has 0 spiro atoms. The van der Waals surface area contributed by atoms with Gasteiger partial charge in [-0.1, -0.05) is 12.1 Å². The Morgan fingerprint density at radius 3 is 2.69 bits per heavy atom. The van der Waals surface area contributed by atoms with Gasteiger partial charge in [0.25, 0.3) is 0 Å². The first-order valence-electron chi connectivity index (χ1n) is 5.54. The zero-order chi connectivity index (χ0) is 11.8. The molecule has 1 atom stereocenters. The van der Waals surface area contributed by atoms with Crippen LogP contribution in [0.1, 0.15) is 35.7 Å². The molecule has 16 heavy (non-hydrogen) atoms. The van der Waals surface area contributed by atoms with Crippen LogP contribution in [0.3, 0.4) is 0 Å². The molecule has 1 fully saturated rings. The first-order valence-corrected chi connectivity index (χ1v) is 5.54. The number of benzene rings is 1. The molecule has 3 nitrogen and oxygen atoms in total. The predicted molar refractivity (Wildman–Crippen MR) is 62.3 cm³/mol. The Morgan fingerprint density at radius 2 is 2.19 bits per heavy atom. The molecule has 0 amide bonds. The third-order valence-corrected chi connectivity index (χ3v) is 3.52. The zero-order valence-electron chi connectivity index (χ0n) is 9.69. The molecule has 1 aliphatic carbocycles. The number of carbonyl (C=O) groups is 1. The van der Waals surface area contributed by atoms with Crippen LogP contribution in [0.5, 0.6) is 0 Å². The van der Waals surface area contributed by atoms with E-state index in [-0.39, 0.29) is 17.4 Å². The summed E-state index contributed by atoms with van der Waals surface area (Å²) in [5, 5.41) is 0. The molecule has 1 saturated carbocycles. The Kier molecular flexibility index (Phi) is 2.72. The standard InChI is InChI=1S/C13H17NO2/c1-9(14)13(6-7-13)11-5-3-4-10(8-11)12(15)16-2/h3-5,8-9H,6-7,14H2,1-2H3. The van der Waals surface area contributed by atoms with E-state index in [1.54, 1.807) is 6.07 Å². The van der Waals surface area contributed by atoms with Crippen LogP contribution in [0, 0.1) is 0 Å². The second-order valence-corrected chi connectivity index (χ2v) is 4.52. The van der Waals surface area contributed by atoms with E-state index < -0.39 is 0 Å². The Balaban J connectivity index is 2.33. The molecule has 0 bridgehead atoms. The summed E-state index contributed by atoms with van der Waals surface area (Å²) in [6.45, 7) is 2.03. The highest BCUT2D eigenvalue weighted by Crippen LogP contribution is 2.50. The maximum Gasteiger partial charge on any atom is 0.337 e. The Hall–Kier alpha value is -1.35. The molecule has 2 rings (SSSR count). The molecule has 86 valence electrons. The van der Waals surface area contributed by atoms with E-state index >= 15 is 0 Å².